The molecule has 0 aromatic heterocycles. The Labute approximate surface area is 113 Å². The average molecular weight is 263 g/mol. The van der Waals surface area contributed by atoms with Crippen molar-refractivity contribution in [3.8, 4) is 0 Å². The van der Waals surface area contributed by atoms with Crippen molar-refractivity contribution < 1.29 is 14.6 Å². The van der Waals surface area contributed by atoms with Crippen LogP contribution in [-0.2, 0) is 9.53 Å². The minimum absolute atomic E-state index is 0.0684. The van der Waals surface area contributed by atoms with Gasteiger partial charge in [-0.15, -0.1) is 0 Å². The third-order valence-electron chi connectivity index (χ3n) is 3.80. The molecule has 4 nitrogen and oxygen atoms in total. The Kier molecular flexibility index (Phi) is 4.93. The molecule has 3 unspecified atom stereocenters. The molecular formula is C15H21NO3. The second-order valence-corrected chi connectivity index (χ2v) is 5.02. The summed E-state index contributed by atoms with van der Waals surface area (Å²) < 4.78 is 5.30. The molecular weight excluding hydrogens is 242 g/mol. The lowest BCUT2D eigenvalue weighted by Gasteiger charge is -2.22. The van der Waals surface area contributed by atoms with Crippen molar-refractivity contribution in [2.75, 3.05) is 13.7 Å². The van der Waals surface area contributed by atoms with E-state index < -0.39 is 6.10 Å². The van der Waals surface area contributed by atoms with Gasteiger partial charge < -0.3 is 15.2 Å². The molecule has 2 rings (SSSR count). The van der Waals surface area contributed by atoms with E-state index in [-0.39, 0.29) is 24.5 Å². The van der Waals surface area contributed by atoms with Gasteiger partial charge in [-0.3, -0.25) is 4.79 Å². The fraction of sp³-hybridized carbons (Fsp3) is 0.533. The molecule has 1 saturated carbocycles. The van der Waals surface area contributed by atoms with Crippen LogP contribution in [-0.4, -0.2) is 30.8 Å². The third-order valence-corrected chi connectivity index (χ3v) is 3.80. The minimum atomic E-state index is -0.582. The van der Waals surface area contributed by atoms with Gasteiger partial charge in [-0.05, 0) is 18.4 Å². The fourth-order valence-electron chi connectivity index (χ4n) is 2.73. The normalized spacial score (nSPS) is 24.1. The molecule has 2 N–H and O–H groups in total. The Morgan fingerprint density at radius 1 is 1.42 bits per heavy atom. The summed E-state index contributed by atoms with van der Waals surface area (Å²) >= 11 is 0. The van der Waals surface area contributed by atoms with Gasteiger partial charge in [-0.25, -0.2) is 0 Å². The van der Waals surface area contributed by atoms with Crippen LogP contribution in [0.4, 0.5) is 0 Å². The van der Waals surface area contributed by atoms with Crippen LogP contribution in [0.25, 0.3) is 0 Å². The summed E-state index contributed by atoms with van der Waals surface area (Å²) in [6, 6.07) is 9.52. The summed E-state index contributed by atoms with van der Waals surface area (Å²) in [7, 11) is 1.54. The molecule has 19 heavy (non-hydrogen) atoms. The van der Waals surface area contributed by atoms with E-state index in [1.807, 2.05) is 30.3 Å². The van der Waals surface area contributed by atoms with Crippen molar-refractivity contribution in [1.82, 2.24) is 5.32 Å². The third kappa shape index (κ3) is 3.33. The van der Waals surface area contributed by atoms with Crippen LogP contribution in [0.1, 0.15) is 30.9 Å². The lowest BCUT2D eigenvalue weighted by molar-refractivity contribution is -0.132. The summed E-state index contributed by atoms with van der Waals surface area (Å²) in [5, 5.41) is 12.3. The van der Waals surface area contributed by atoms with E-state index in [4.69, 9.17) is 4.74 Å². The molecule has 0 bridgehead atoms. The standard InChI is InChI=1S/C15H21NO3/c1-19-14(11-6-3-2-4-7-11)15(18)16-13-9-5-8-12(13)10-17/h2-4,6-7,12-14,17H,5,8-10H2,1H3,(H,16,18). The summed E-state index contributed by atoms with van der Waals surface area (Å²) in [6.07, 6.45) is 2.38. The Hall–Kier alpha value is -1.39. The van der Waals surface area contributed by atoms with Gasteiger partial charge in [0, 0.05) is 25.7 Å². The maximum Gasteiger partial charge on any atom is 0.253 e. The lowest BCUT2D eigenvalue weighted by Crippen LogP contribution is -2.41. The molecule has 1 aromatic carbocycles. The van der Waals surface area contributed by atoms with Gasteiger partial charge in [-0.2, -0.15) is 0 Å². The number of nitrogens with one attached hydrogen (secondary N) is 1. The van der Waals surface area contributed by atoms with Crippen LogP contribution in [0.2, 0.25) is 0 Å². The van der Waals surface area contributed by atoms with Gasteiger partial charge in [0.1, 0.15) is 0 Å². The molecule has 0 radical (unpaired) electrons. The van der Waals surface area contributed by atoms with E-state index in [0.29, 0.717) is 0 Å². The zero-order valence-electron chi connectivity index (χ0n) is 11.2. The number of ether oxygens (including phenoxy) is 1. The smallest absolute Gasteiger partial charge is 0.253 e. The average Bonchev–Trinajstić information content (AvgIpc) is 2.88. The number of rotatable bonds is 5. The van der Waals surface area contributed by atoms with E-state index in [0.717, 1.165) is 24.8 Å². The predicted molar refractivity (Wildman–Crippen MR) is 72.5 cm³/mol. The van der Waals surface area contributed by atoms with E-state index in [1.54, 1.807) is 0 Å². The van der Waals surface area contributed by atoms with Crippen molar-refractivity contribution in [3.05, 3.63) is 35.9 Å². The molecule has 1 fully saturated rings. The van der Waals surface area contributed by atoms with Gasteiger partial charge in [0.25, 0.3) is 5.91 Å². The number of carbonyl (C=O) groups excluding carboxylic acids is 1. The molecule has 1 amide bonds. The molecule has 0 saturated heterocycles. The highest BCUT2D eigenvalue weighted by Crippen LogP contribution is 2.26. The van der Waals surface area contributed by atoms with Gasteiger partial charge in [-0.1, -0.05) is 36.8 Å². The second kappa shape index (κ2) is 6.68. The second-order valence-electron chi connectivity index (χ2n) is 5.02. The number of aliphatic hydroxyl groups is 1. The van der Waals surface area contributed by atoms with E-state index in [1.165, 1.54) is 7.11 Å². The molecule has 4 heteroatoms. The summed E-state index contributed by atoms with van der Waals surface area (Å²) in [5.41, 5.74) is 0.848. The maximum atomic E-state index is 12.3. The molecule has 104 valence electrons. The monoisotopic (exact) mass is 263 g/mol. The van der Waals surface area contributed by atoms with Crippen molar-refractivity contribution in [3.63, 3.8) is 0 Å². The lowest BCUT2D eigenvalue weighted by atomic mass is 10.0. The molecule has 0 aliphatic heterocycles. The quantitative estimate of drug-likeness (QED) is 0.849. The minimum Gasteiger partial charge on any atom is -0.396 e. The number of hydrogen-bond acceptors (Lipinski definition) is 3. The van der Waals surface area contributed by atoms with Crippen molar-refractivity contribution in [1.29, 1.82) is 0 Å². The first-order valence-corrected chi connectivity index (χ1v) is 6.75. The number of benzene rings is 1. The topological polar surface area (TPSA) is 58.6 Å². The highest BCUT2D eigenvalue weighted by Gasteiger charge is 2.30. The molecule has 0 heterocycles. The summed E-state index contributed by atoms with van der Waals surface area (Å²) in [4.78, 5) is 12.3. The van der Waals surface area contributed by atoms with Crippen molar-refractivity contribution in [2.24, 2.45) is 5.92 Å². The van der Waals surface area contributed by atoms with Crippen LogP contribution in [0.3, 0.4) is 0 Å². The SMILES string of the molecule is COC(C(=O)NC1CCCC1CO)c1ccccc1. The number of amides is 1. The highest BCUT2D eigenvalue weighted by molar-refractivity contribution is 5.82. The van der Waals surface area contributed by atoms with Crippen LogP contribution in [0.5, 0.6) is 0 Å². The first kappa shape index (κ1) is 14.0. The Bertz CT molecular complexity index is 407. The number of hydrogen-bond donors (Lipinski definition) is 2. The van der Waals surface area contributed by atoms with E-state index in [9.17, 15) is 9.90 Å². The van der Waals surface area contributed by atoms with Crippen LogP contribution < -0.4 is 5.32 Å². The fourth-order valence-corrected chi connectivity index (χ4v) is 2.73. The van der Waals surface area contributed by atoms with Gasteiger partial charge in [0.15, 0.2) is 6.10 Å². The zero-order chi connectivity index (χ0) is 13.7. The Balaban J connectivity index is 2.01. The largest absolute Gasteiger partial charge is 0.396 e. The molecule has 1 aliphatic carbocycles. The van der Waals surface area contributed by atoms with Crippen molar-refractivity contribution in [2.45, 2.75) is 31.4 Å². The first-order valence-electron chi connectivity index (χ1n) is 6.75. The summed E-state index contributed by atoms with van der Waals surface area (Å²) in [5.74, 6) is 0.0521. The maximum absolute atomic E-state index is 12.3. The van der Waals surface area contributed by atoms with Crippen LogP contribution >= 0.6 is 0 Å². The predicted octanol–water partition coefficient (Wildman–Crippen LogP) is 1.65. The molecule has 3 atom stereocenters. The number of methoxy groups -OCH3 is 1. The molecule has 1 aromatic rings. The van der Waals surface area contributed by atoms with Crippen molar-refractivity contribution >= 4 is 5.91 Å². The van der Waals surface area contributed by atoms with Gasteiger partial charge >= 0.3 is 0 Å². The summed E-state index contributed by atoms with van der Waals surface area (Å²) in [6.45, 7) is 0.133. The van der Waals surface area contributed by atoms with Gasteiger partial charge in [0.2, 0.25) is 0 Å². The Morgan fingerprint density at radius 2 is 2.16 bits per heavy atom. The molecule has 0 spiro atoms. The molecule has 1 aliphatic rings. The number of carbonyl (C=O) groups is 1. The Morgan fingerprint density at radius 3 is 2.79 bits per heavy atom. The van der Waals surface area contributed by atoms with Crippen LogP contribution in [0.15, 0.2) is 30.3 Å². The zero-order valence-corrected chi connectivity index (χ0v) is 11.2. The highest BCUT2D eigenvalue weighted by atomic mass is 16.5. The van der Waals surface area contributed by atoms with E-state index in [2.05, 4.69) is 5.32 Å². The van der Waals surface area contributed by atoms with Crippen LogP contribution in [0, 0.1) is 5.92 Å². The van der Waals surface area contributed by atoms with Gasteiger partial charge in [0.05, 0.1) is 0 Å². The first-order chi connectivity index (χ1) is 9.26. The number of aliphatic hydroxyl groups excluding tert-OH is 1. The van der Waals surface area contributed by atoms with E-state index >= 15 is 0 Å².